The summed E-state index contributed by atoms with van der Waals surface area (Å²) < 4.78 is 0. The molecule has 2 aliphatic carbocycles. The second-order valence-corrected chi connectivity index (χ2v) is 6.36. The van der Waals surface area contributed by atoms with Crippen LogP contribution in [-0.4, -0.2) is 12.1 Å². The molecule has 0 saturated heterocycles. The first-order valence-corrected chi connectivity index (χ1v) is 7.51. The van der Waals surface area contributed by atoms with Crippen LogP contribution in [0.25, 0.3) is 0 Å². The quantitative estimate of drug-likeness (QED) is 0.694. The second kappa shape index (κ2) is 6.05. The van der Waals surface area contributed by atoms with E-state index in [1.807, 2.05) is 0 Å². The van der Waals surface area contributed by atoms with Gasteiger partial charge in [0, 0.05) is 12.1 Å². The van der Waals surface area contributed by atoms with Gasteiger partial charge in [0.05, 0.1) is 0 Å². The summed E-state index contributed by atoms with van der Waals surface area (Å²) in [7, 11) is 0. The molecule has 0 aliphatic heterocycles. The largest absolute Gasteiger partial charge is 0.311 e. The molecule has 0 heterocycles. The Bertz CT molecular complexity index is 202. The molecule has 1 N–H and O–H groups in total. The summed E-state index contributed by atoms with van der Waals surface area (Å²) in [6.07, 6.45) is 13.0. The molecule has 4 unspecified atom stereocenters. The van der Waals surface area contributed by atoms with Gasteiger partial charge in [0.1, 0.15) is 0 Å². The Labute approximate surface area is 101 Å². The fourth-order valence-electron chi connectivity index (χ4n) is 3.63. The maximum Gasteiger partial charge on any atom is 0.00952 e. The SMILES string of the molecule is CC1CCCC(NC2CCCCCC2C)C1. The predicted molar refractivity (Wildman–Crippen MR) is 70.6 cm³/mol. The molecular formula is C15H29N. The van der Waals surface area contributed by atoms with E-state index in [0.717, 1.165) is 23.9 Å². The van der Waals surface area contributed by atoms with Crippen molar-refractivity contribution in [3.63, 3.8) is 0 Å². The van der Waals surface area contributed by atoms with Gasteiger partial charge in [-0.2, -0.15) is 0 Å². The van der Waals surface area contributed by atoms with Crippen molar-refractivity contribution >= 4 is 0 Å². The lowest BCUT2D eigenvalue weighted by Crippen LogP contribution is -2.43. The van der Waals surface area contributed by atoms with Crippen LogP contribution in [0.15, 0.2) is 0 Å². The fraction of sp³-hybridized carbons (Fsp3) is 1.00. The van der Waals surface area contributed by atoms with Gasteiger partial charge in [-0.15, -0.1) is 0 Å². The Hall–Kier alpha value is -0.0400. The van der Waals surface area contributed by atoms with Gasteiger partial charge < -0.3 is 5.32 Å². The summed E-state index contributed by atoms with van der Waals surface area (Å²) in [6.45, 7) is 4.87. The first kappa shape index (κ1) is 12.4. The van der Waals surface area contributed by atoms with Crippen molar-refractivity contribution in [1.82, 2.24) is 5.32 Å². The van der Waals surface area contributed by atoms with E-state index in [1.54, 1.807) is 0 Å². The zero-order valence-corrected chi connectivity index (χ0v) is 11.2. The van der Waals surface area contributed by atoms with Crippen LogP contribution in [0.3, 0.4) is 0 Å². The van der Waals surface area contributed by atoms with E-state index < -0.39 is 0 Å². The van der Waals surface area contributed by atoms with Gasteiger partial charge >= 0.3 is 0 Å². The minimum absolute atomic E-state index is 0.817. The van der Waals surface area contributed by atoms with Crippen molar-refractivity contribution in [3.8, 4) is 0 Å². The van der Waals surface area contributed by atoms with Gasteiger partial charge in [-0.05, 0) is 37.5 Å². The molecule has 1 heteroatoms. The van der Waals surface area contributed by atoms with Crippen LogP contribution in [0.2, 0.25) is 0 Å². The Morgan fingerprint density at radius 2 is 1.62 bits per heavy atom. The van der Waals surface area contributed by atoms with Crippen LogP contribution in [0.1, 0.15) is 71.6 Å². The number of nitrogens with one attached hydrogen (secondary N) is 1. The van der Waals surface area contributed by atoms with E-state index in [9.17, 15) is 0 Å². The Morgan fingerprint density at radius 3 is 2.44 bits per heavy atom. The van der Waals surface area contributed by atoms with Gasteiger partial charge in [0.2, 0.25) is 0 Å². The standard InChI is InChI=1S/C15H29N/c1-12-7-6-9-14(11-12)16-15-10-5-3-4-8-13(15)2/h12-16H,3-11H2,1-2H3. The molecular weight excluding hydrogens is 194 g/mol. The normalized spacial score (nSPS) is 41.6. The third kappa shape index (κ3) is 3.48. The first-order valence-electron chi connectivity index (χ1n) is 7.51. The molecule has 0 aromatic heterocycles. The third-order valence-corrected chi connectivity index (χ3v) is 4.75. The minimum Gasteiger partial charge on any atom is -0.311 e. The highest BCUT2D eigenvalue weighted by Gasteiger charge is 2.25. The van der Waals surface area contributed by atoms with E-state index in [4.69, 9.17) is 0 Å². The molecule has 0 aromatic rings. The van der Waals surface area contributed by atoms with E-state index >= 15 is 0 Å². The summed E-state index contributed by atoms with van der Waals surface area (Å²) in [5.41, 5.74) is 0. The Morgan fingerprint density at radius 1 is 0.812 bits per heavy atom. The fourth-order valence-corrected chi connectivity index (χ4v) is 3.63. The van der Waals surface area contributed by atoms with E-state index in [2.05, 4.69) is 19.2 Å². The van der Waals surface area contributed by atoms with Crippen LogP contribution < -0.4 is 5.32 Å². The van der Waals surface area contributed by atoms with Crippen molar-refractivity contribution in [2.24, 2.45) is 11.8 Å². The van der Waals surface area contributed by atoms with Crippen molar-refractivity contribution in [1.29, 1.82) is 0 Å². The molecule has 0 spiro atoms. The minimum atomic E-state index is 0.817. The maximum absolute atomic E-state index is 3.98. The number of hydrogen-bond donors (Lipinski definition) is 1. The van der Waals surface area contributed by atoms with E-state index in [1.165, 1.54) is 57.8 Å². The molecule has 2 aliphatic rings. The zero-order valence-electron chi connectivity index (χ0n) is 11.2. The highest BCUT2D eigenvalue weighted by atomic mass is 15.0. The van der Waals surface area contributed by atoms with Crippen LogP contribution in [0, 0.1) is 11.8 Å². The van der Waals surface area contributed by atoms with Crippen molar-refractivity contribution in [3.05, 3.63) is 0 Å². The topological polar surface area (TPSA) is 12.0 Å². The average molecular weight is 223 g/mol. The molecule has 1 nitrogen and oxygen atoms in total. The molecule has 2 fully saturated rings. The second-order valence-electron chi connectivity index (χ2n) is 6.36. The summed E-state index contributed by atoms with van der Waals surface area (Å²) in [4.78, 5) is 0. The molecule has 94 valence electrons. The number of rotatable bonds is 2. The molecule has 2 rings (SSSR count). The molecule has 0 radical (unpaired) electrons. The van der Waals surface area contributed by atoms with Crippen LogP contribution >= 0.6 is 0 Å². The van der Waals surface area contributed by atoms with Crippen LogP contribution in [-0.2, 0) is 0 Å². The third-order valence-electron chi connectivity index (χ3n) is 4.75. The lowest BCUT2D eigenvalue weighted by atomic mass is 9.85. The average Bonchev–Trinajstić information content (AvgIpc) is 2.45. The monoisotopic (exact) mass is 223 g/mol. The van der Waals surface area contributed by atoms with Crippen LogP contribution in [0.4, 0.5) is 0 Å². The maximum atomic E-state index is 3.98. The smallest absolute Gasteiger partial charge is 0.00952 e. The van der Waals surface area contributed by atoms with Gasteiger partial charge in [0.15, 0.2) is 0 Å². The zero-order chi connectivity index (χ0) is 11.4. The summed E-state index contributed by atoms with van der Waals surface area (Å²) >= 11 is 0. The lowest BCUT2D eigenvalue weighted by Gasteiger charge is -2.33. The predicted octanol–water partition coefficient (Wildman–Crippen LogP) is 4.12. The summed E-state index contributed by atoms with van der Waals surface area (Å²) in [6, 6.07) is 1.65. The first-order chi connectivity index (χ1) is 7.75. The molecule has 16 heavy (non-hydrogen) atoms. The summed E-state index contributed by atoms with van der Waals surface area (Å²) in [5, 5.41) is 3.98. The molecule has 2 saturated carbocycles. The van der Waals surface area contributed by atoms with Crippen molar-refractivity contribution < 1.29 is 0 Å². The van der Waals surface area contributed by atoms with Gasteiger partial charge in [-0.25, -0.2) is 0 Å². The van der Waals surface area contributed by atoms with E-state index in [0.29, 0.717) is 0 Å². The Balaban J connectivity index is 1.82. The van der Waals surface area contributed by atoms with E-state index in [-0.39, 0.29) is 0 Å². The molecule has 4 atom stereocenters. The molecule has 0 amide bonds. The van der Waals surface area contributed by atoms with Crippen molar-refractivity contribution in [2.75, 3.05) is 0 Å². The highest BCUT2D eigenvalue weighted by molar-refractivity contribution is 4.83. The van der Waals surface area contributed by atoms with Crippen LogP contribution in [0.5, 0.6) is 0 Å². The van der Waals surface area contributed by atoms with Gasteiger partial charge in [-0.3, -0.25) is 0 Å². The molecule has 0 bridgehead atoms. The van der Waals surface area contributed by atoms with Gasteiger partial charge in [-0.1, -0.05) is 46.0 Å². The summed E-state index contributed by atoms with van der Waals surface area (Å²) in [5.74, 6) is 1.85. The highest BCUT2D eigenvalue weighted by Crippen LogP contribution is 2.27. The lowest BCUT2D eigenvalue weighted by molar-refractivity contribution is 0.245. The Kier molecular flexibility index (Phi) is 4.69. The van der Waals surface area contributed by atoms with Crippen molar-refractivity contribution in [2.45, 2.75) is 83.7 Å². The van der Waals surface area contributed by atoms with Gasteiger partial charge in [0.25, 0.3) is 0 Å². The molecule has 0 aromatic carbocycles. The number of hydrogen-bond acceptors (Lipinski definition) is 1.